The zero-order valence-electron chi connectivity index (χ0n) is 12.0. The molecule has 0 spiro atoms. The van der Waals surface area contributed by atoms with Crippen molar-refractivity contribution in [3.8, 4) is 0 Å². The maximum atomic E-state index is 12.2. The SMILES string of the molecule is Cc1ccc(C(C)N(C)CC(=O)N2CCNCC2)s1. The molecule has 2 heterocycles. The average Bonchev–Trinajstić information content (AvgIpc) is 2.85. The second kappa shape index (κ2) is 6.50. The lowest BCUT2D eigenvalue weighted by atomic mass is 10.2. The van der Waals surface area contributed by atoms with Crippen LogP contribution in [-0.4, -0.2) is 55.5 Å². The van der Waals surface area contributed by atoms with Crippen molar-refractivity contribution in [1.82, 2.24) is 15.1 Å². The molecule has 0 bridgehead atoms. The van der Waals surface area contributed by atoms with E-state index in [1.165, 1.54) is 9.75 Å². The van der Waals surface area contributed by atoms with Gasteiger partial charge in [-0.05, 0) is 33.0 Å². The lowest BCUT2D eigenvalue weighted by Gasteiger charge is -2.30. The Labute approximate surface area is 119 Å². The highest BCUT2D eigenvalue weighted by Crippen LogP contribution is 2.26. The first kappa shape index (κ1) is 14.5. The van der Waals surface area contributed by atoms with Crippen molar-refractivity contribution in [2.24, 2.45) is 0 Å². The van der Waals surface area contributed by atoms with Crippen LogP contribution in [0.1, 0.15) is 22.7 Å². The van der Waals surface area contributed by atoms with E-state index in [-0.39, 0.29) is 5.91 Å². The van der Waals surface area contributed by atoms with E-state index in [1.807, 2.05) is 23.3 Å². The van der Waals surface area contributed by atoms with Crippen LogP contribution < -0.4 is 5.32 Å². The quantitative estimate of drug-likeness (QED) is 0.908. The van der Waals surface area contributed by atoms with Crippen molar-refractivity contribution in [1.29, 1.82) is 0 Å². The van der Waals surface area contributed by atoms with Crippen molar-refractivity contribution in [3.63, 3.8) is 0 Å². The molecule has 1 unspecified atom stereocenters. The number of hydrogen-bond acceptors (Lipinski definition) is 4. The van der Waals surface area contributed by atoms with Crippen LogP contribution >= 0.6 is 11.3 Å². The highest BCUT2D eigenvalue weighted by atomic mass is 32.1. The third kappa shape index (κ3) is 3.78. The third-order valence-electron chi connectivity index (χ3n) is 3.69. The summed E-state index contributed by atoms with van der Waals surface area (Å²) in [6.07, 6.45) is 0. The minimum Gasteiger partial charge on any atom is -0.339 e. The van der Waals surface area contributed by atoms with Crippen LogP contribution in [-0.2, 0) is 4.79 Å². The van der Waals surface area contributed by atoms with E-state index in [0.29, 0.717) is 12.6 Å². The van der Waals surface area contributed by atoms with E-state index < -0.39 is 0 Å². The summed E-state index contributed by atoms with van der Waals surface area (Å²) >= 11 is 1.81. The highest BCUT2D eigenvalue weighted by Gasteiger charge is 2.21. The zero-order valence-corrected chi connectivity index (χ0v) is 12.8. The van der Waals surface area contributed by atoms with Crippen LogP contribution in [0.5, 0.6) is 0 Å². The minimum atomic E-state index is 0.240. The molecule has 0 aromatic carbocycles. The topological polar surface area (TPSA) is 35.6 Å². The molecule has 0 aliphatic carbocycles. The van der Waals surface area contributed by atoms with Crippen molar-refractivity contribution < 1.29 is 4.79 Å². The van der Waals surface area contributed by atoms with Gasteiger partial charge in [-0.3, -0.25) is 9.69 Å². The van der Waals surface area contributed by atoms with Crippen LogP contribution in [0.3, 0.4) is 0 Å². The van der Waals surface area contributed by atoms with Crippen LogP contribution in [0.15, 0.2) is 12.1 Å². The number of nitrogens with zero attached hydrogens (tertiary/aromatic N) is 2. The number of carbonyl (C=O) groups is 1. The van der Waals surface area contributed by atoms with Gasteiger partial charge in [0.25, 0.3) is 0 Å². The van der Waals surface area contributed by atoms with Crippen LogP contribution in [0.25, 0.3) is 0 Å². The fourth-order valence-electron chi connectivity index (χ4n) is 2.26. The van der Waals surface area contributed by atoms with E-state index in [2.05, 4.69) is 36.2 Å². The van der Waals surface area contributed by atoms with Gasteiger partial charge < -0.3 is 10.2 Å². The molecule has 0 radical (unpaired) electrons. The monoisotopic (exact) mass is 281 g/mol. The lowest BCUT2D eigenvalue weighted by Crippen LogP contribution is -2.49. The minimum absolute atomic E-state index is 0.240. The van der Waals surface area contributed by atoms with Gasteiger partial charge in [0.05, 0.1) is 6.54 Å². The van der Waals surface area contributed by atoms with Crippen LogP contribution in [0.4, 0.5) is 0 Å². The molecule has 1 amide bonds. The summed E-state index contributed by atoms with van der Waals surface area (Å²) < 4.78 is 0. The fourth-order valence-corrected chi connectivity index (χ4v) is 3.25. The molecule has 0 saturated carbocycles. The summed E-state index contributed by atoms with van der Waals surface area (Å²) in [6.45, 7) is 8.27. The average molecular weight is 281 g/mol. The second-order valence-electron chi connectivity index (χ2n) is 5.17. The maximum absolute atomic E-state index is 12.2. The highest BCUT2D eigenvalue weighted by molar-refractivity contribution is 7.12. The number of thiophene rings is 1. The Bertz CT molecular complexity index is 426. The number of nitrogens with one attached hydrogen (secondary N) is 1. The molecule has 19 heavy (non-hydrogen) atoms. The number of carbonyl (C=O) groups excluding carboxylic acids is 1. The predicted octanol–water partition coefficient (Wildman–Crippen LogP) is 1.48. The number of likely N-dealkylation sites (N-methyl/N-ethyl adjacent to an activating group) is 1. The molecular weight excluding hydrogens is 258 g/mol. The Hall–Kier alpha value is -0.910. The lowest BCUT2D eigenvalue weighted by molar-refractivity contribution is -0.133. The van der Waals surface area contributed by atoms with Crippen molar-refractivity contribution >= 4 is 17.2 Å². The van der Waals surface area contributed by atoms with Gasteiger partial charge in [0.15, 0.2) is 0 Å². The first-order valence-electron chi connectivity index (χ1n) is 6.83. The molecule has 1 aliphatic heterocycles. The molecule has 4 nitrogen and oxygen atoms in total. The van der Waals surface area contributed by atoms with Crippen molar-refractivity contribution in [2.45, 2.75) is 19.9 Å². The Kier molecular flexibility index (Phi) is 4.96. The Morgan fingerprint density at radius 3 is 2.74 bits per heavy atom. The van der Waals surface area contributed by atoms with E-state index in [4.69, 9.17) is 0 Å². The summed E-state index contributed by atoms with van der Waals surface area (Å²) in [5.41, 5.74) is 0. The second-order valence-corrected chi connectivity index (χ2v) is 6.49. The van der Waals surface area contributed by atoms with E-state index in [1.54, 1.807) is 0 Å². The molecule has 1 atom stereocenters. The molecule has 1 saturated heterocycles. The summed E-state index contributed by atoms with van der Waals surface area (Å²) in [5, 5.41) is 3.27. The first-order valence-corrected chi connectivity index (χ1v) is 7.64. The molecule has 1 aliphatic rings. The van der Waals surface area contributed by atoms with Gasteiger partial charge in [0.1, 0.15) is 0 Å². The summed E-state index contributed by atoms with van der Waals surface area (Å²) in [5.74, 6) is 0.240. The Morgan fingerprint density at radius 2 is 2.16 bits per heavy atom. The first-order chi connectivity index (χ1) is 9.08. The number of rotatable bonds is 4. The van der Waals surface area contributed by atoms with Gasteiger partial charge in [-0.2, -0.15) is 0 Å². The summed E-state index contributed by atoms with van der Waals surface area (Å²) in [7, 11) is 2.03. The maximum Gasteiger partial charge on any atom is 0.236 e. The molecule has 1 aromatic heterocycles. The smallest absolute Gasteiger partial charge is 0.236 e. The van der Waals surface area contributed by atoms with E-state index in [0.717, 1.165) is 26.2 Å². The normalized spacial score (nSPS) is 17.8. The number of piperazine rings is 1. The predicted molar refractivity (Wildman–Crippen MR) is 79.6 cm³/mol. The number of hydrogen-bond donors (Lipinski definition) is 1. The fraction of sp³-hybridized carbons (Fsp3) is 0.643. The number of amides is 1. The van der Waals surface area contributed by atoms with Gasteiger partial charge in [0, 0.05) is 42.0 Å². The van der Waals surface area contributed by atoms with Crippen molar-refractivity contribution in [3.05, 3.63) is 21.9 Å². The van der Waals surface area contributed by atoms with Gasteiger partial charge >= 0.3 is 0 Å². The van der Waals surface area contributed by atoms with Gasteiger partial charge in [0.2, 0.25) is 5.91 Å². The molecule has 5 heteroatoms. The Morgan fingerprint density at radius 1 is 1.47 bits per heavy atom. The summed E-state index contributed by atoms with van der Waals surface area (Å²) in [6, 6.07) is 4.60. The largest absolute Gasteiger partial charge is 0.339 e. The molecule has 106 valence electrons. The molecule has 1 fully saturated rings. The Balaban J connectivity index is 1.89. The standard InChI is InChI=1S/C14H23N3OS/c1-11-4-5-13(19-11)12(2)16(3)10-14(18)17-8-6-15-7-9-17/h4-5,12,15H,6-10H2,1-3H3. The molecule has 1 N–H and O–H groups in total. The summed E-state index contributed by atoms with van der Waals surface area (Å²) in [4.78, 5) is 19.0. The van der Waals surface area contributed by atoms with Crippen LogP contribution in [0, 0.1) is 6.92 Å². The molecular formula is C14H23N3OS. The van der Waals surface area contributed by atoms with Gasteiger partial charge in [-0.15, -0.1) is 11.3 Å². The van der Waals surface area contributed by atoms with E-state index in [9.17, 15) is 4.79 Å². The van der Waals surface area contributed by atoms with Crippen LogP contribution in [0.2, 0.25) is 0 Å². The van der Waals surface area contributed by atoms with Gasteiger partial charge in [-0.1, -0.05) is 0 Å². The van der Waals surface area contributed by atoms with Gasteiger partial charge in [-0.25, -0.2) is 0 Å². The van der Waals surface area contributed by atoms with E-state index >= 15 is 0 Å². The zero-order chi connectivity index (χ0) is 13.8. The molecule has 1 aromatic rings. The molecule has 2 rings (SSSR count). The number of aryl methyl sites for hydroxylation is 1. The van der Waals surface area contributed by atoms with Crippen molar-refractivity contribution in [2.75, 3.05) is 39.8 Å². The third-order valence-corrected chi connectivity index (χ3v) is 4.86.